The average molecular weight is 281 g/mol. The molecule has 1 heterocycles. The second-order valence-corrected chi connectivity index (χ2v) is 5.29. The number of halogens is 1. The molecule has 0 aliphatic carbocycles. The Kier molecular flexibility index (Phi) is 5.80. The summed E-state index contributed by atoms with van der Waals surface area (Å²) in [5, 5.41) is 3.20. The molecule has 2 unspecified atom stereocenters. The van der Waals surface area contributed by atoms with Gasteiger partial charge in [0.05, 0.1) is 13.2 Å². The van der Waals surface area contributed by atoms with Gasteiger partial charge in [-0.15, -0.1) is 0 Å². The van der Waals surface area contributed by atoms with Crippen LogP contribution in [0.2, 0.25) is 0 Å². The highest BCUT2D eigenvalue weighted by Crippen LogP contribution is 2.26. The molecule has 20 heavy (non-hydrogen) atoms. The second kappa shape index (κ2) is 7.60. The van der Waals surface area contributed by atoms with Crippen molar-refractivity contribution in [1.29, 1.82) is 0 Å². The number of hydrogen-bond donors (Lipinski definition) is 1. The van der Waals surface area contributed by atoms with Gasteiger partial charge in [-0.05, 0) is 45.2 Å². The first-order chi connectivity index (χ1) is 9.74. The molecule has 1 N–H and O–H groups in total. The Morgan fingerprint density at radius 1 is 1.50 bits per heavy atom. The highest BCUT2D eigenvalue weighted by molar-refractivity contribution is 5.30. The summed E-state index contributed by atoms with van der Waals surface area (Å²) in [6, 6.07) is 5.10. The van der Waals surface area contributed by atoms with Gasteiger partial charge in [0.2, 0.25) is 0 Å². The lowest BCUT2D eigenvalue weighted by atomic mass is 9.99. The lowest BCUT2D eigenvalue weighted by Gasteiger charge is -2.18. The zero-order chi connectivity index (χ0) is 14.4. The number of nitrogens with one attached hydrogen (secondary N) is 1. The molecule has 1 aromatic rings. The van der Waals surface area contributed by atoms with Gasteiger partial charge in [-0.2, -0.15) is 0 Å². The van der Waals surface area contributed by atoms with E-state index in [1.54, 1.807) is 13.2 Å². The first kappa shape index (κ1) is 15.3. The Labute approximate surface area is 120 Å². The van der Waals surface area contributed by atoms with Crippen molar-refractivity contribution in [2.75, 3.05) is 20.8 Å². The van der Waals surface area contributed by atoms with Crippen LogP contribution in [0.4, 0.5) is 4.39 Å². The zero-order valence-electron chi connectivity index (χ0n) is 12.3. The van der Waals surface area contributed by atoms with Gasteiger partial charge < -0.3 is 14.8 Å². The maximum Gasteiger partial charge on any atom is 0.131 e. The average Bonchev–Trinajstić information content (AvgIpc) is 2.97. The van der Waals surface area contributed by atoms with Crippen LogP contribution in [0.15, 0.2) is 18.2 Å². The molecular formula is C16H24FNO2. The maximum absolute atomic E-state index is 14.1. The molecule has 112 valence electrons. The minimum atomic E-state index is -0.208. The van der Waals surface area contributed by atoms with Crippen LogP contribution < -0.4 is 10.1 Å². The molecule has 4 heteroatoms. The molecule has 0 spiro atoms. The predicted octanol–water partition coefficient (Wildman–Crippen LogP) is 3.44. The van der Waals surface area contributed by atoms with E-state index in [-0.39, 0.29) is 11.9 Å². The normalized spacial score (nSPS) is 20.1. The molecule has 3 nitrogen and oxygen atoms in total. The van der Waals surface area contributed by atoms with Crippen LogP contribution in [0.5, 0.6) is 5.75 Å². The van der Waals surface area contributed by atoms with Gasteiger partial charge in [-0.3, -0.25) is 0 Å². The third-order valence-corrected chi connectivity index (χ3v) is 3.97. The van der Waals surface area contributed by atoms with E-state index >= 15 is 0 Å². The highest BCUT2D eigenvalue weighted by Gasteiger charge is 2.18. The molecule has 0 amide bonds. The summed E-state index contributed by atoms with van der Waals surface area (Å²) in [4.78, 5) is 0. The van der Waals surface area contributed by atoms with E-state index in [1.165, 1.54) is 18.9 Å². The van der Waals surface area contributed by atoms with E-state index in [1.807, 2.05) is 13.1 Å². The monoisotopic (exact) mass is 281 g/mol. The van der Waals surface area contributed by atoms with E-state index in [0.29, 0.717) is 17.4 Å². The Morgan fingerprint density at radius 2 is 2.35 bits per heavy atom. The molecule has 2 atom stereocenters. The van der Waals surface area contributed by atoms with Crippen LogP contribution in [0.3, 0.4) is 0 Å². The van der Waals surface area contributed by atoms with Crippen molar-refractivity contribution in [2.24, 2.45) is 0 Å². The summed E-state index contributed by atoms with van der Waals surface area (Å²) in [5.41, 5.74) is 0.709. The Hall–Kier alpha value is -1.13. The van der Waals surface area contributed by atoms with Crippen molar-refractivity contribution in [2.45, 2.75) is 44.2 Å². The fourth-order valence-corrected chi connectivity index (χ4v) is 2.79. The van der Waals surface area contributed by atoms with Crippen molar-refractivity contribution < 1.29 is 13.9 Å². The molecule has 1 saturated heterocycles. The highest BCUT2D eigenvalue weighted by atomic mass is 19.1. The molecule has 1 aliphatic rings. The number of benzene rings is 1. The quantitative estimate of drug-likeness (QED) is 0.830. The molecule has 0 bridgehead atoms. The van der Waals surface area contributed by atoms with Crippen molar-refractivity contribution >= 4 is 0 Å². The first-order valence-corrected chi connectivity index (χ1v) is 7.37. The summed E-state index contributed by atoms with van der Waals surface area (Å²) >= 11 is 0. The van der Waals surface area contributed by atoms with Crippen LogP contribution in [0.1, 0.15) is 43.7 Å². The molecule has 1 aliphatic heterocycles. The number of rotatable bonds is 7. The van der Waals surface area contributed by atoms with Crippen LogP contribution >= 0.6 is 0 Å². The summed E-state index contributed by atoms with van der Waals surface area (Å²) in [6.45, 7) is 0.896. The Morgan fingerprint density at radius 3 is 2.95 bits per heavy atom. The zero-order valence-corrected chi connectivity index (χ0v) is 12.3. The summed E-state index contributed by atoms with van der Waals surface area (Å²) in [7, 11) is 3.42. The van der Waals surface area contributed by atoms with E-state index < -0.39 is 0 Å². The topological polar surface area (TPSA) is 30.5 Å². The number of ether oxygens (including phenoxy) is 2. The summed E-state index contributed by atoms with van der Waals surface area (Å²) in [5.74, 6) is 0.348. The van der Waals surface area contributed by atoms with Crippen LogP contribution in [-0.4, -0.2) is 26.9 Å². The lowest BCUT2D eigenvalue weighted by Crippen LogP contribution is -2.18. The fourth-order valence-electron chi connectivity index (χ4n) is 2.79. The largest absolute Gasteiger partial charge is 0.497 e. The second-order valence-electron chi connectivity index (χ2n) is 5.29. The van der Waals surface area contributed by atoms with Crippen molar-refractivity contribution in [3.8, 4) is 5.75 Å². The third-order valence-electron chi connectivity index (χ3n) is 3.97. The van der Waals surface area contributed by atoms with Gasteiger partial charge in [-0.25, -0.2) is 4.39 Å². The van der Waals surface area contributed by atoms with Crippen LogP contribution in [0, 0.1) is 5.82 Å². The number of methoxy groups -OCH3 is 1. The summed E-state index contributed by atoms with van der Waals surface area (Å²) < 4.78 is 24.7. The molecule has 0 saturated carbocycles. The van der Waals surface area contributed by atoms with Crippen LogP contribution in [-0.2, 0) is 4.74 Å². The molecule has 0 radical (unpaired) electrons. The van der Waals surface area contributed by atoms with E-state index in [2.05, 4.69) is 5.32 Å². The Bertz CT molecular complexity index is 419. The van der Waals surface area contributed by atoms with Crippen molar-refractivity contribution in [3.05, 3.63) is 29.6 Å². The molecule has 1 fully saturated rings. The van der Waals surface area contributed by atoms with Gasteiger partial charge in [-0.1, -0.05) is 6.07 Å². The fraction of sp³-hybridized carbons (Fsp3) is 0.625. The van der Waals surface area contributed by atoms with Gasteiger partial charge in [0.1, 0.15) is 11.6 Å². The molecule has 1 aromatic carbocycles. The minimum Gasteiger partial charge on any atom is -0.497 e. The van der Waals surface area contributed by atoms with Crippen molar-refractivity contribution in [1.82, 2.24) is 5.32 Å². The van der Waals surface area contributed by atoms with E-state index in [4.69, 9.17) is 9.47 Å². The van der Waals surface area contributed by atoms with E-state index in [0.717, 1.165) is 25.9 Å². The molecule has 0 aromatic heterocycles. The molecular weight excluding hydrogens is 257 g/mol. The van der Waals surface area contributed by atoms with Gasteiger partial charge >= 0.3 is 0 Å². The predicted molar refractivity (Wildman–Crippen MR) is 77.6 cm³/mol. The first-order valence-electron chi connectivity index (χ1n) is 7.37. The standard InChI is InChI=1S/C16H24FNO2/c1-18-16(7-3-5-12-6-4-10-20-12)14-9-8-13(19-2)11-15(14)17/h8-9,11-12,16,18H,3-7,10H2,1-2H3. The summed E-state index contributed by atoms with van der Waals surface area (Å²) in [6.07, 6.45) is 5.78. The van der Waals surface area contributed by atoms with Gasteiger partial charge in [0.15, 0.2) is 0 Å². The minimum absolute atomic E-state index is 0.0438. The third kappa shape index (κ3) is 3.93. The number of hydrogen-bond acceptors (Lipinski definition) is 3. The van der Waals surface area contributed by atoms with Crippen molar-refractivity contribution in [3.63, 3.8) is 0 Å². The molecule has 2 rings (SSSR count). The maximum atomic E-state index is 14.1. The van der Waals surface area contributed by atoms with E-state index in [9.17, 15) is 4.39 Å². The van der Waals surface area contributed by atoms with Gasteiger partial charge in [0, 0.05) is 24.3 Å². The Balaban J connectivity index is 1.90. The van der Waals surface area contributed by atoms with Crippen LogP contribution in [0.25, 0.3) is 0 Å². The smallest absolute Gasteiger partial charge is 0.131 e. The SMILES string of the molecule is CNC(CCCC1CCCO1)c1ccc(OC)cc1F. The lowest BCUT2D eigenvalue weighted by molar-refractivity contribution is 0.101. The van der Waals surface area contributed by atoms with Gasteiger partial charge in [0.25, 0.3) is 0 Å².